The molecular weight excluding hydrogens is 268 g/mol. The molecule has 0 aromatic heterocycles. The molecule has 1 unspecified atom stereocenters. The zero-order chi connectivity index (χ0) is 14.4. The number of amides is 1. The summed E-state index contributed by atoms with van der Waals surface area (Å²) in [6.45, 7) is 0. The topological polar surface area (TPSA) is 55.1 Å². The maximum atomic E-state index is 12.1. The van der Waals surface area contributed by atoms with Gasteiger partial charge in [0.15, 0.2) is 0 Å². The van der Waals surface area contributed by atoms with Gasteiger partial charge in [-0.25, -0.2) is 0 Å². The zero-order valence-corrected chi connectivity index (χ0v) is 12.9. The van der Waals surface area contributed by atoms with E-state index < -0.39 is 6.04 Å². The Labute approximate surface area is 125 Å². The number of nitrogens with one attached hydrogen (secondary N) is 1. The Bertz CT molecular complexity index is 416. The third-order valence-corrected chi connectivity index (χ3v) is 5.13. The minimum atomic E-state index is -0.448. The van der Waals surface area contributed by atoms with Gasteiger partial charge in [0.2, 0.25) is 5.91 Å². The lowest BCUT2D eigenvalue weighted by Gasteiger charge is -2.28. The van der Waals surface area contributed by atoms with Gasteiger partial charge in [-0.1, -0.05) is 30.3 Å². The molecule has 1 atom stereocenters. The maximum Gasteiger partial charge on any atom is 0.237 e. The molecule has 0 aliphatic heterocycles. The Kier molecular flexibility index (Phi) is 5.92. The molecule has 0 heterocycles. The molecule has 1 aromatic rings. The molecule has 1 aliphatic rings. The molecule has 1 fully saturated rings. The van der Waals surface area contributed by atoms with Crippen molar-refractivity contribution in [2.75, 3.05) is 6.26 Å². The van der Waals surface area contributed by atoms with Crippen LogP contribution in [0, 0.1) is 0 Å². The molecule has 1 saturated carbocycles. The van der Waals surface area contributed by atoms with Crippen molar-refractivity contribution in [3.05, 3.63) is 35.9 Å². The molecule has 0 radical (unpaired) electrons. The minimum Gasteiger partial charge on any atom is -0.352 e. The Morgan fingerprint density at radius 3 is 2.55 bits per heavy atom. The van der Waals surface area contributed by atoms with Gasteiger partial charge < -0.3 is 11.1 Å². The van der Waals surface area contributed by atoms with Gasteiger partial charge in [-0.3, -0.25) is 4.79 Å². The number of benzene rings is 1. The van der Waals surface area contributed by atoms with Crippen molar-refractivity contribution in [1.29, 1.82) is 0 Å². The first-order valence-corrected chi connectivity index (χ1v) is 8.60. The van der Waals surface area contributed by atoms with E-state index in [9.17, 15) is 4.79 Å². The summed E-state index contributed by atoms with van der Waals surface area (Å²) < 4.78 is 0. The van der Waals surface area contributed by atoms with Crippen molar-refractivity contribution < 1.29 is 4.79 Å². The number of thioether (sulfide) groups is 1. The number of carbonyl (C=O) groups is 1. The molecule has 0 saturated heterocycles. The van der Waals surface area contributed by atoms with E-state index in [0.29, 0.717) is 12.5 Å². The lowest BCUT2D eigenvalue weighted by atomic mass is 9.94. The molecule has 20 heavy (non-hydrogen) atoms. The summed E-state index contributed by atoms with van der Waals surface area (Å²) in [5, 5.41) is 3.88. The van der Waals surface area contributed by atoms with Crippen LogP contribution in [0.2, 0.25) is 0 Å². The standard InChI is InChI=1S/C16H24N2OS/c1-20-14-9-7-13(8-10-14)18-16(19)15(17)11-12-5-3-2-4-6-12/h2-6,13-15H,7-11,17H2,1H3,(H,18,19). The van der Waals surface area contributed by atoms with E-state index >= 15 is 0 Å². The summed E-state index contributed by atoms with van der Waals surface area (Å²) in [4.78, 5) is 12.1. The maximum absolute atomic E-state index is 12.1. The van der Waals surface area contributed by atoms with Crippen LogP contribution in [0.15, 0.2) is 30.3 Å². The molecule has 1 amide bonds. The fourth-order valence-corrected chi connectivity index (χ4v) is 3.46. The second kappa shape index (κ2) is 7.70. The van der Waals surface area contributed by atoms with Crippen LogP contribution in [0.5, 0.6) is 0 Å². The number of carbonyl (C=O) groups excluding carboxylic acids is 1. The molecule has 4 heteroatoms. The quantitative estimate of drug-likeness (QED) is 0.876. The van der Waals surface area contributed by atoms with Crippen LogP contribution in [0.25, 0.3) is 0 Å². The Hall–Kier alpha value is -1.00. The van der Waals surface area contributed by atoms with Crippen molar-refractivity contribution in [2.24, 2.45) is 5.73 Å². The summed E-state index contributed by atoms with van der Waals surface area (Å²) in [5.41, 5.74) is 7.12. The summed E-state index contributed by atoms with van der Waals surface area (Å²) in [5.74, 6) is -0.0125. The average Bonchev–Trinajstić information content (AvgIpc) is 2.49. The largest absolute Gasteiger partial charge is 0.352 e. The molecule has 1 aliphatic carbocycles. The van der Waals surface area contributed by atoms with Gasteiger partial charge in [0.25, 0.3) is 0 Å². The van der Waals surface area contributed by atoms with Crippen molar-refractivity contribution in [1.82, 2.24) is 5.32 Å². The van der Waals surface area contributed by atoms with E-state index in [0.717, 1.165) is 23.7 Å². The van der Waals surface area contributed by atoms with Crippen LogP contribution in [-0.2, 0) is 11.2 Å². The first-order valence-electron chi connectivity index (χ1n) is 7.31. The Balaban J connectivity index is 1.77. The van der Waals surface area contributed by atoms with E-state index in [1.807, 2.05) is 42.1 Å². The monoisotopic (exact) mass is 292 g/mol. The molecule has 110 valence electrons. The molecule has 3 N–H and O–H groups in total. The predicted molar refractivity (Wildman–Crippen MR) is 85.8 cm³/mol. The Morgan fingerprint density at radius 1 is 1.30 bits per heavy atom. The average molecular weight is 292 g/mol. The SMILES string of the molecule is CSC1CCC(NC(=O)C(N)Cc2ccccc2)CC1. The van der Waals surface area contributed by atoms with E-state index in [1.54, 1.807) is 0 Å². The van der Waals surface area contributed by atoms with Gasteiger partial charge in [0, 0.05) is 11.3 Å². The van der Waals surface area contributed by atoms with E-state index in [1.165, 1.54) is 12.8 Å². The summed E-state index contributed by atoms with van der Waals surface area (Å²) >= 11 is 1.94. The van der Waals surface area contributed by atoms with Gasteiger partial charge in [-0.2, -0.15) is 11.8 Å². The van der Waals surface area contributed by atoms with Gasteiger partial charge in [0.05, 0.1) is 6.04 Å². The minimum absolute atomic E-state index is 0.0125. The first-order chi connectivity index (χ1) is 9.69. The molecule has 1 aromatic carbocycles. The van der Waals surface area contributed by atoms with Crippen molar-refractivity contribution >= 4 is 17.7 Å². The Morgan fingerprint density at radius 2 is 1.95 bits per heavy atom. The number of hydrogen-bond donors (Lipinski definition) is 2. The van der Waals surface area contributed by atoms with E-state index in [-0.39, 0.29) is 5.91 Å². The van der Waals surface area contributed by atoms with Crippen molar-refractivity contribution in [3.63, 3.8) is 0 Å². The summed E-state index contributed by atoms with van der Waals surface area (Å²) in [7, 11) is 0. The fourth-order valence-electron chi connectivity index (χ4n) is 2.71. The zero-order valence-electron chi connectivity index (χ0n) is 12.0. The third-order valence-electron chi connectivity index (χ3n) is 3.99. The molecule has 2 rings (SSSR count). The van der Waals surface area contributed by atoms with E-state index in [4.69, 9.17) is 5.73 Å². The van der Waals surface area contributed by atoms with Gasteiger partial charge in [0.1, 0.15) is 0 Å². The lowest BCUT2D eigenvalue weighted by Crippen LogP contribution is -2.47. The lowest BCUT2D eigenvalue weighted by molar-refractivity contribution is -0.123. The highest BCUT2D eigenvalue weighted by atomic mass is 32.2. The van der Waals surface area contributed by atoms with Crippen molar-refractivity contribution in [2.45, 2.75) is 49.4 Å². The number of rotatable bonds is 5. The summed E-state index contributed by atoms with van der Waals surface area (Å²) in [6.07, 6.45) is 7.32. The van der Waals surface area contributed by atoms with Crippen LogP contribution in [0.4, 0.5) is 0 Å². The highest BCUT2D eigenvalue weighted by Crippen LogP contribution is 2.26. The second-order valence-electron chi connectivity index (χ2n) is 5.51. The van der Waals surface area contributed by atoms with Crippen LogP contribution < -0.4 is 11.1 Å². The van der Waals surface area contributed by atoms with Crippen molar-refractivity contribution in [3.8, 4) is 0 Å². The number of nitrogens with two attached hydrogens (primary N) is 1. The highest BCUT2D eigenvalue weighted by molar-refractivity contribution is 7.99. The highest BCUT2D eigenvalue weighted by Gasteiger charge is 2.23. The normalized spacial score (nSPS) is 24.1. The van der Waals surface area contributed by atoms with Gasteiger partial charge >= 0.3 is 0 Å². The molecule has 0 bridgehead atoms. The predicted octanol–water partition coefficient (Wildman–Crippen LogP) is 2.35. The smallest absolute Gasteiger partial charge is 0.237 e. The second-order valence-corrected chi connectivity index (χ2v) is 6.65. The van der Waals surface area contributed by atoms with E-state index in [2.05, 4.69) is 11.6 Å². The number of hydrogen-bond acceptors (Lipinski definition) is 3. The van der Waals surface area contributed by atoms with Gasteiger partial charge in [-0.15, -0.1) is 0 Å². The fraction of sp³-hybridized carbons (Fsp3) is 0.562. The van der Waals surface area contributed by atoms with Crippen LogP contribution >= 0.6 is 11.8 Å². The van der Waals surface area contributed by atoms with Crippen LogP contribution in [0.3, 0.4) is 0 Å². The molecule has 3 nitrogen and oxygen atoms in total. The van der Waals surface area contributed by atoms with Crippen LogP contribution in [-0.4, -0.2) is 29.5 Å². The van der Waals surface area contributed by atoms with Gasteiger partial charge in [-0.05, 0) is 43.9 Å². The van der Waals surface area contributed by atoms with Crippen LogP contribution in [0.1, 0.15) is 31.2 Å². The first kappa shape index (κ1) is 15.4. The molecular formula is C16H24N2OS. The summed E-state index contributed by atoms with van der Waals surface area (Å²) in [6, 6.07) is 9.81. The molecule has 0 spiro atoms. The third kappa shape index (κ3) is 4.53.